The largest absolute Gasteiger partial charge is 0.393 e. The minimum absolute atomic E-state index is 0.115. The molecule has 0 fully saturated rings. The molecule has 58 valence electrons. The van der Waals surface area contributed by atoms with Crippen molar-refractivity contribution >= 4 is 0 Å². The fourth-order valence-corrected chi connectivity index (χ4v) is 0.409. The van der Waals surface area contributed by atoms with Crippen molar-refractivity contribution in [1.29, 1.82) is 0 Å². The van der Waals surface area contributed by atoms with Gasteiger partial charge in [-0.1, -0.05) is 0 Å². The number of aliphatic hydroxyl groups excluding tert-OH is 2. The average molecular weight is 146 g/mol. The second kappa shape index (κ2) is 4.26. The summed E-state index contributed by atoms with van der Waals surface area (Å²) in [5.41, 5.74) is -1.93. The van der Waals surface area contributed by atoms with E-state index in [2.05, 4.69) is 11.8 Å². The van der Waals surface area contributed by atoms with Crippen LogP contribution in [0.25, 0.3) is 0 Å². The summed E-state index contributed by atoms with van der Waals surface area (Å²) >= 11 is 0. The van der Waals surface area contributed by atoms with Crippen LogP contribution in [0.15, 0.2) is 0 Å². The molecular weight excluding hydrogens is 135 g/mol. The lowest BCUT2D eigenvalue weighted by Gasteiger charge is -2.15. The van der Waals surface area contributed by atoms with Crippen molar-refractivity contribution in [2.75, 3.05) is 13.2 Å². The first-order chi connectivity index (χ1) is 4.68. The molecule has 0 heterocycles. The molecule has 2 N–H and O–H groups in total. The lowest BCUT2D eigenvalue weighted by atomic mass is 10.1. The molecule has 0 radical (unpaired) electrons. The van der Waals surface area contributed by atoms with Gasteiger partial charge in [0.25, 0.3) is 0 Å². The van der Waals surface area contributed by atoms with Crippen molar-refractivity contribution in [3.63, 3.8) is 0 Å². The van der Waals surface area contributed by atoms with Gasteiger partial charge in [0, 0.05) is 6.42 Å². The van der Waals surface area contributed by atoms with Gasteiger partial charge < -0.3 is 10.2 Å². The highest BCUT2D eigenvalue weighted by Crippen LogP contribution is 2.12. The first-order valence-electron chi connectivity index (χ1n) is 2.99. The number of aliphatic hydroxyl groups is 2. The molecule has 0 saturated carbocycles. The Bertz CT molecular complexity index is 141. The van der Waals surface area contributed by atoms with Gasteiger partial charge in [-0.05, 0) is 6.92 Å². The third-order valence-electron chi connectivity index (χ3n) is 1.15. The van der Waals surface area contributed by atoms with Crippen LogP contribution in [0.3, 0.4) is 0 Å². The predicted molar refractivity (Wildman–Crippen MR) is 36.1 cm³/mol. The van der Waals surface area contributed by atoms with E-state index in [-0.39, 0.29) is 6.42 Å². The number of hydrogen-bond donors (Lipinski definition) is 2. The lowest BCUT2D eigenvalue weighted by molar-refractivity contribution is 0.0203. The number of halogens is 1. The van der Waals surface area contributed by atoms with Crippen LogP contribution in [0.5, 0.6) is 0 Å². The Morgan fingerprint density at radius 1 is 1.40 bits per heavy atom. The zero-order valence-corrected chi connectivity index (χ0v) is 5.89. The second-order valence-corrected chi connectivity index (χ2v) is 2.07. The Morgan fingerprint density at radius 2 is 1.90 bits per heavy atom. The fourth-order valence-electron chi connectivity index (χ4n) is 0.409. The molecule has 0 saturated heterocycles. The van der Waals surface area contributed by atoms with Crippen LogP contribution in [-0.4, -0.2) is 29.1 Å². The van der Waals surface area contributed by atoms with Crippen LogP contribution in [0, 0.1) is 11.8 Å². The monoisotopic (exact) mass is 146 g/mol. The number of alkyl halides is 1. The molecule has 0 aromatic heterocycles. The van der Waals surface area contributed by atoms with Crippen LogP contribution in [0.1, 0.15) is 13.3 Å². The van der Waals surface area contributed by atoms with E-state index in [4.69, 9.17) is 10.2 Å². The van der Waals surface area contributed by atoms with Gasteiger partial charge in [0.15, 0.2) is 5.67 Å². The summed E-state index contributed by atoms with van der Waals surface area (Å²) in [6.07, 6.45) is -0.115. The van der Waals surface area contributed by atoms with E-state index in [0.717, 1.165) is 0 Å². The Labute approximate surface area is 59.7 Å². The van der Waals surface area contributed by atoms with E-state index >= 15 is 0 Å². The summed E-state index contributed by atoms with van der Waals surface area (Å²) in [6, 6.07) is 0. The molecule has 0 rings (SSSR count). The van der Waals surface area contributed by atoms with Crippen LogP contribution in [-0.2, 0) is 0 Å². The van der Waals surface area contributed by atoms with Crippen molar-refractivity contribution < 1.29 is 14.6 Å². The molecule has 10 heavy (non-hydrogen) atoms. The zero-order valence-electron chi connectivity index (χ0n) is 5.89. The predicted octanol–water partition coefficient (Wildman–Crippen LogP) is 0.0927. The smallest absolute Gasteiger partial charge is 0.167 e. The van der Waals surface area contributed by atoms with E-state index in [1.165, 1.54) is 0 Å². The van der Waals surface area contributed by atoms with E-state index in [0.29, 0.717) is 0 Å². The molecule has 0 aromatic rings. The number of rotatable bonds is 3. The second-order valence-electron chi connectivity index (χ2n) is 2.07. The Balaban J connectivity index is 3.88. The van der Waals surface area contributed by atoms with Gasteiger partial charge in [-0.15, -0.1) is 11.8 Å². The van der Waals surface area contributed by atoms with Crippen molar-refractivity contribution in [3.8, 4) is 11.8 Å². The normalized spacial score (nSPS) is 10.4. The van der Waals surface area contributed by atoms with Gasteiger partial charge in [-0.25, -0.2) is 4.39 Å². The molecule has 2 nitrogen and oxygen atoms in total. The van der Waals surface area contributed by atoms with Crippen molar-refractivity contribution in [3.05, 3.63) is 0 Å². The molecule has 0 unspecified atom stereocenters. The minimum Gasteiger partial charge on any atom is -0.393 e. The summed E-state index contributed by atoms with van der Waals surface area (Å²) < 4.78 is 12.8. The summed E-state index contributed by atoms with van der Waals surface area (Å²) in [5, 5.41) is 16.8. The van der Waals surface area contributed by atoms with Crippen molar-refractivity contribution in [1.82, 2.24) is 0 Å². The van der Waals surface area contributed by atoms with Crippen molar-refractivity contribution in [2.45, 2.75) is 19.0 Å². The Hall–Kier alpha value is -0.590. The van der Waals surface area contributed by atoms with Gasteiger partial charge >= 0.3 is 0 Å². The van der Waals surface area contributed by atoms with Crippen LogP contribution in [0.4, 0.5) is 4.39 Å². The van der Waals surface area contributed by atoms with Gasteiger partial charge in [-0.3, -0.25) is 0 Å². The molecule has 0 aromatic carbocycles. The van der Waals surface area contributed by atoms with Crippen LogP contribution >= 0.6 is 0 Å². The zero-order chi connectivity index (χ0) is 8.04. The summed E-state index contributed by atoms with van der Waals surface area (Å²) in [6.45, 7) is 0.214. The molecule has 0 atom stereocenters. The van der Waals surface area contributed by atoms with Gasteiger partial charge in [0.1, 0.15) is 0 Å². The Morgan fingerprint density at radius 3 is 2.20 bits per heavy atom. The van der Waals surface area contributed by atoms with E-state index in [1.807, 2.05) is 0 Å². The number of hydrogen-bond acceptors (Lipinski definition) is 2. The topological polar surface area (TPSA) is 40.5 Å². The lowest BCUT2D eigenvalue weighted by Crippen LogP contribution is -2.31. The molecule has 0 aliphatic rings. The molecule has 0 spiro atoms. The molecular formula is C7H11FO2. The summed E-state index contributed by atoms with van der Waals surface area (Å²) in [5.74, 6) is 4.93. The quantitative estimate of drug-likeness (QED) is 0.554. The van der Waals surface area contributed by atoms with Crippen molar-refractivity contribution in [2.24, 2.45) is 0 Å². The van der Waals surface area contributed by atoms with Gasteiger partial charge in [-0.2, -0.15) is 0 Å². The Kier molecular flexibility index (Phi) is 4.01. The molecule has 0 aliphatic carbocycles. The van der Waals surface area contributed by atoms with E-state index in [9.17, 15) is 4.39 Å². The molecule has 3 heteroatoms. The first kappa shape index (κ1) is 9.41. The maximum absolute atomic E-state index is 12.8. The third-order valence-corrected chi connectivity index (χ3v) is 1.15. The molecule has 0 bridgehead atoms. The van der Waals surface area contributed by atoms with E-state index < -0.39 is 18.9 Å². The van der Waals surface area contributed by atoms with Gasteiger partial charge in [0.05, 0.1) is 13.2 Å². The highest BCUT2D eigenvalue weighted by molar-refractivity contribution is 5.01. The highest BCUT2D eigenvalue weighted by atomic mass is 19.1. The fraction of sp³-hybridized carbons (Fsp3) is 0.714. The van der Waals surface area contributed by atoms with Gasteiger partial charge in [0.2, 0.25) is 0 Å². The standard InChI is InChI=1S/C7H11FO2/c1-2-3-4-7(8,5-9)6-10/h9-10H,4-6H2,1H3. The maximum atomic E-state index is 12.8. The molecule has 0 amide bonds. The molecule has 0 aliphatic heterocycles. The van der Waals surface area contributed by atoms with E-state index in [1.54, 1.807) is 6.92 Å². The third kappa shape index (κ3) is 2.81. The first-order valence-corrected chi connectivity index (χ1v) is 2.99. The summed E-state index contributed by atoms with van der Waals surface area (Å²) in [4.78, 5) is 0. The SMILES string of the molecule is CC#CCC(F)(CO)CO. The van der Waals surface area contributed by atoms with Crippen LogP contribution in [0.2, 0.25) is 0 Å². The average Bonchev–Trinajstić information content (AvgIpc) is 2.00. The maximum Gasteiger partial charge on any atom is 0.167 e. The highest BCUT2D eigenvalue weighted by Gasteiger charge is 2.26. The van der Waals surface area contributed by atoms with Crippen LogP contribution < -0.4 is 0 Å². The minimum atomic E-state index is -1.93. The summed E-state index contributed by atoms with van der Waals surface area (Å²) in [7, 11) is 0.